The van der Waals surface area contributed by atoms with Gasteiger partial charge in [0.1, 0.15) is 5.75 Å². The highest BCUT2D eigenvalue weighted by atomic mass is 79.9. The second kappa shape index (κ2) is 8.58. The average molecular weight is 430 g/mol. The molecule has 26 heavy (non-hydrogen) atoms. The molecule has 0 saturated heterocycles. The van der Waals surface area contributed by atoms with Gasteiger partial charge in [-0.05, 0) is 42.2 Å². The number of amides is 1. The molecule has 0 aliphatic rings. The summed E-state index contributed by atoms with van der Waals surface area (Å²) in [6.07, 6.45) is -4.11. The molecular formula is C19H19BrF3NO2. The van der Waals surface area contributed by atoms with Crippen LogP contribution in [0.1, 0.15) is 27.9 Å². The third kappa shape index (κ3) is 5.49. The number of rotatable bonds is 5. The quantitative estimate of drug-likeness (QED) is 0.559. The standard InChI is InChI=1S/C19H19BrF3NO2/c1-24(2)18(25)26-15-8-5-7-14(12-15)17(20)11-10-13-6-3-4-9-16(13)19(21,22)23/h3-9,12,17H,10-11H2,1-2H3. The SMILES string of the molecule is CN(C)C(=O)Oc1cccc(C(Br)CCc2ccccc2C(F)(F)F)c1. The molecule has 2 aromatic rings. The van der Waals surface area contributed by atoms with Crippen molar-refractivity contribution in [2.24, 2.45) is 0 Å². The molecule has 0 saturated carbocycles. The third-order valence-corrected chi connectivity index (χ3v) is 4.77. The number of carbonyl (C=O) groups excluding carboxylic acids is 1. The first-order chi connectivity index (χ1) is 12.2. The summed E-state index contributed by atoms with van der Waals surface area (Å²) in [6, 6.07) is 12.5. The minimum absolute atomic E-state index is 0.165. The lowest BCUT2D eigenvalue weighted by molar-refractivity contribution is -0.138. The van der Waals surface area contributed by atoms with Crippen LogP contribution >= 0.6 is 15.9 Å². The topological polar surface area (TPSA) is 29.5 Å². The van der Waals surface area contributed by atoms with E-state index in [0.29, 0.717) is 12.2 Å². The fourth-order valence-electron chi connectivity index (χ4n) is 2.43. The van der Waals surface area contributed by atoms with Gasteiger partial charge in [0.2, 0.25) is 0 Å². The smallest absolute Gasteiger partial charge is 0.410 e. The second-order valence-electron chi connectivity index (χ2n) is 6.00. The number of hydrogen-bond acceptors (Lipinski definition) is 2. The van der Waals surface area contributed by atoms with Crippen LogP contribution in [0.2, 0.25) is 0 Å². The molecule has 0 radical (unpaired) electrons. The lowest BCUT2D eigenvalue weighted by atomic mass is 9.99. The van der Waals surface area contributed by atoms with Crippen LogP contribution in [0.4, 0.5) is 18.0 Å². The van der Waals surface area contributed by atoms with Gasteiger partial charge in [0.05, 0.1) is 5.56 Å². The molecule has 2 rings (SSSR count). The van der Waals surface area contributed by atoms with Crippen molar-refractivity contribution in [1.82, 2.24) is 4.90 Å². The Labute approximate surface area is 158 Å². The molecular weight excluding hydrogens is 411 g/mol. The van der Waals surface area contributed by atoms with E-state index in [-0.39, 0.29) is 16.8 Å². The van der Waals surface area contributed by atoms with E-state index in [9.17, 15) is 18.0 Å². The van der Waals surface area contributed by atoms with Crippen LogP contribution in [0, 0.1) is 0 Å². The van der Waals surface area contributed by atoms with E-state index in [1.165, 1.54) is 17.0 Å². The lowest BCUT2D eigenvalue weighted by Crippen LogP contribution is -2.25. The summed E-state index contributed by atoms with van der Waals surface area (Å²) in [4.78, 5) is 12.8. The Morgan fingerprint density at radius 1 is 1.15 bits per heavy atom. The Bertz CT molecular complexity index is 762. The van der Waals surface area contributed by atoms with Crippen molar-refractivity contribution in [1.29, 1.82) is 0 Å². The molecule has 0 heterocycles. The van der Waals surface area contributed by atoms with E-state index < -0.39 is 17.8 Å². The minimum atomic E-state index is -4.36. The Hall–Kier alpha value is -2.02. The molecule has 0 aliphatic carbocycles. The first-order valence-electron chi connectivity index (χ1n) is 7.96. The normalized spacial score (nSPS) is 12.5. The highest BCUT2D eigenvalue weighted by molar-refractivity contribution is 9.09. The Morgan fingerprint density at radius 3 is 2.50 bits per heavy atom. The van der Waals surface area contributed by atoms with Crippen molar-refractivity contribution in [2.75, 3.05) is 14.1 Å². The van der Waals surface area contributed by atoms with Crippen LogP contribution in [0.5, 0.6) is 5.75 Å². The molecule has 0 N–H and O–H groups in total. The average Bonchev–Trinajstić information content (AvgIpc) is 2.59. The zero-order valence-electron chi connectivity index (χ0n) is 14.4. The molecule has 140 valence electrons. The van der Waals surface area contributed by atoms with Gasteiger partial charge in [-0.1, -0.05) is 46.3 Å². The number of ether oxygens (including phenoxy) is 1. The molecule has 2 aromatic carbocycles. The largest absolute Gasteiger partial charge is 0.416 e. The van der Waals surface area contributed by atoms with Crippen LogP contribution in [-0.2, 0) is 12.6 Å². The number of nitrogens with zero attached hydrogens (tertiary/aromatic N) is 1. The van der Waals surface area contributed by atoms with Crippen LogP contribution in [0.25, 0.3) is 0 Å². The van der Waals surface area contributed by atoms with Crippen molar-refractivity contribution in [3.63, 3.8) is 0 Å². The van der Waals surface area contributed by atoms with Crippen molar-refractivity contribution in [3.8, 4) is 5.75 Å². The molecule has 1 amide bonds. The van der Waals surface area contributed by atoms with E-state index in [2.05, 4.69) is 15.9 Å². The molecule has 3 nitrogen and oxygen atoms in total. The zero-order chi connectivity index (χ0) is 19.3. The van der Waals surface area contributed by atoms with Crippen molar-refractivity contribution in [2.45, 2.75) is 23.8 Å². The van der Waals surface area contributed by atoms with Crippen LogP contribution in [0.15, 0.2) is 48.5 Å². The number of carbonyl (C=O) groups is 1. The van der Waals surface area contributed by atoms with Gasteiger partial charge in [0.25, 0.3) is 0 Å². The van der Waals surface area contributed by atoms with E-state index in [1.807, 2.05) is 6.07 Å². The number of halogens is 4. The van der Waals surface area contributed by atoms with Gasteiger partial charge in [-0.2, -0.15) is 13.2 Å². The van der Waals surface area contributed by atoms with E-state index >= 15 is 0 Å². The maximum absolute atomic E-state index is 13.1. The highest BCUT2D eigenvalue weighted by Gasteiger charge is 2.32. The second-order valence-corrected chi connectivity index (χ2v) is 7.10. The maximum atomic E-state index is 13.1. The van der Waals surface area contributed by atoms with Crippen LogP contribution in [0.3, 0.4) is 0 Å². The first kappa shape index (κ1) is 20.3. The van der Waals surface area contributed by atoms with Crippen molar-refractivity contribution in [3.05, 3.63) is 65.2 Å². The zero-order valence-corrected chi connectivity index (χ0v) is 16.0. The Kier molecular flexibility index (Phi) is 6.69. The van der Waals surface area contributed by atoms with Gasteiger partial charge >= 0.3 is 12.3 Å². The van der Waals surface area contributed by atoms with Gasteiger partial charge in [-0.15, -0.1) is 0 Å². The summed E-state index contributed by atoms with van der Waals surface area (Å²) in [5, 5.41) is 0. The molecule has 0 spiro atoms. The number of aryl methyl sites for hydroxylation is 1. The van der Waals surface area contributed by atoms with Gasteiger partial charge < -0.3 is 9.64 Å². The summed E-state index contributed by atoms with van der Waals surface area (Å²) < 4.78 is 44.4. The number of benzene rings is 2. The van der Waals surface area contributed by atoms with Gasteiger partial charge in [-0.3, -0.25) is 0 Å². The molecule has 1 atom stereocenters. The summed E-state index contributed by atoms with van der Waals surface area (Å²) in [7, 11) is 3.16. The third-order valence-electron chi connectivity index (χ3n) is 3.78. The summed E-state index contributed by atoms with van der Waals surface area (Å²) >= 11 is 3.52. The summed E-state index contributed by atoms with van der Waals surface area (Å²) in [5.41, 5.74) is 0.492. The Morgan fingerprint density at radius 2 is 1.85 bits per heavy atom. The van der Waals surface area contributed by atoms with Crippen LogP contribution < -0.4 is 4.74 Å². The predicted molar refractivity (Wildman–Crippen MR) is 97.6 cm³/mol. The first-order valence-corrected chi connectivity index (χ1v) is 8.88. The van der Waals surface area contributed by atoms with Crippen molar-refractivity contribution >= 4 is 22.0 Å². The molecule has 0 aliphatic heterocycles. The molecule has 7 heteroatoms. The number of alkyl halides is 4. The fraction of sp³-hybridized carbons (Fsp3) is 0.316. The highest BCUT2D eigenvalue weighted by Crippen LogP contribution is 2.35. The summed E-state index contributed by atoms with van der Waals surface area (Å²) in [6.45, 7) is 0. The van der Waals surface area contributed by atoms with Crippen molar-refractivity contribution < 1.29 is 22.7 Å². The maximum Gasteiger partial charge on any atom is 0.416 e. The Balaban J connectivity index is 2.07. The lowest BCUT2D eigenvalue weighted by Gasteiger charge is -2.16. The van der Waals surface area contributed by atoms with Gasteiger partial charge in [-0.25, -0.2) is 4.79 Å². The fourth-order valence-corrected chi connectivity index (χ4v) is 2.94. The molecule has 0 fully saturated rings. The monoisotopic (exact) mass is 429 g/mol. The number of hydrogen-bond donors (Lipinski definition) is 0. The predicted octanol–water partition coefficient (Wildman–Crippen LogP) is 5.83. The van der Waals surface area contributed by atoms with Gasteiger partial charge in [0, 0.05) is 18.9 Å². The molecule has 1 unspecified atom stereocenters. The minimum Gasteiger partial charge on any atom is -0.410 e. The van der Waals surface area contributed by atoms with E-state index in [0.717, 1.165) is 11.6 Å². The van der Waals surface area contributed by atoms with Crippen LogP contribution in [-0.4, -0.2) is 25.1 Å². The summed E-state index contributed by atoms with van der Waals surface area (Å²) in [5.74, 6) is 0.390. The molecule has 0 bridgehead atoms. The van der Waals surface area contributed by atoms with E-state index in [4.69, 9.17) is 4.74 Å². The van der Waals surface area contributed by atoms with Gasteiger partial charge in [0.15, 0.2) is 0 Å². The van der Waals surface area contributed by atoms with E-state index in [1.54, 1.807) is 38.4 Å². The molecule has 0 aromatic heterocycles.